The fourth-order valence-corrected chi connectivity index (χ4v) is 3.76. The zero-order valence-electron chi connectivity index (χ0n) is 16.6. The molecule has 0 aliphatic carbocycles. The summed E-state index contributed by atoms with van der Waals surface area (Å²) in [6.07, 6.45) is 3.26. The number of hydrogen-bond acceptors (Lipinski definition) is 5. The number of carbonyl (C=O) groups excluding carboxylic acids is 1. The molecule has 2 fully saturated rings. The van der Waals surface area contributed by atoms with Gasteiger partial charge in [-0.05, 0) is 50.4 Å². The van der Waals surface area contributed by atoms with E-state index in [0.717, 1.165) is 63.5 Å². The van der Waals surface area contributed by atoms with E-state index in [1.807, 2.05) is 36.1 Å². The van der Waals surface area contributed by atoms with Crippen LogP contribution in [0.15, 0.2) is 24.3 Å². The Morgan fingerprint density at radius 2 is 2.15 bits per heavy atom. The fraction of sp³-hybridized carbons (Fsp3) is 0.667. The molecule has 2 saturated heterocycles. The number of nitrogens with zero attached hydrogens (tertiary/aromatic N) is 2. The molecule has 1 amide bonds. The van der Waals surface area contributed by atoms with E-state index in [9.17, 15) is 4.79 Å². The summed E-state index contributed by atoms with van der Waals surface area (Å²) in [5.74, 6) is 0.880. The number of carbonyl (C=O) groups is 1. The Balaban J connectivity index is 1.44. The molecule has 2 aliphatic heterocycles. The highest BCUT2D eigenvalue weighted by Crippen LogP contribution is 2.16. The molecular formula is C21H32N2O4. The Labute approximate surface area is 162 Å². The van der Waals surface area contributed by atoms with E-state index in [0.29, 0.717) is 12.7 Å². The van der Waals surface area contributed by atoms with Crippen LogP contribution in [0.1, 0.15) is 31.7 Å². The topological polar surface area (TPSA) is 51.2 Å². The van der Waals surface area contributed by atoms with Crippen molar-refractivity contribution < 1.29 is 19.0 Å². The molecule has 0 aromatic heterocycles. The summed E-state index contributed by atoms with van der Waals surface area (Å²) in [6.45, 7) is 7.64. The Bertz CT molecular complexity index is 604. The molecule has 6 nitrogen and oxygen atoms in total. The number of ether oxygens (including phenoxy) is 3. The van der Waals surface area contributed by atoms with Crippen LogP contribution in [0, 0.1) is 0 Å². The Hall–Kier alpha value is -1.63. The van der Waals surface area contributed by atoms with E-state index < -0.39 is 6.10 Å². The van der Waals surface area contributed by atoms with Gasteiger partial charge in [0.1, 0.15) is 11.9 Å². The quantitative estimate of drug-likeness (QED) is 0.731. The third-order valence-corrected chi connectivity index (χ3v) is 5.37. The van der Waals surface area contributed by atoms with Crippen molar-refractivity contribution >= 4 is 5.91 Å². The fourth-order valence-electron chi connectivity index (χ4n) is 3.76. The first-order valence-corrected chi connectivity index (χ1v) is 10.0. The van der Waals surface area contributed by atoms with Gasteiger partial charge in [0.15, 0.2) is 0 Å². The van der Waals surface area contributed by atoms with Crippen molar-refractivity contribution in [2.45, 2.75) is 45.0 Å². The van der Waals surface area contributed by atoms with Crippen LogP contribution in [0.5, 0.6) is 5.75 Å². The molecule has 0 spiro atoms. The summed E-state index contributed by atoms with van der Waals surface area (Å²) >= 11 is 0. The molecule has 0 saturated carbocycles. The van der Waals surface area contributed by atoms with Gasteiger partial charge < -0.3 is 19.1 Å². The van der Waals surface area contributed by atoms with Crippen LogP contribution in [0.2, 0.25) is 0 Å². The Morgan fingerprint density at radius 3 is 2.93 bits per heavy atom. The van der Waals surface area contributed by atoms with Gasteiger partial charge in [0.05, 0.1) is 19.8 Å². The molecule has 0 N–H and O–H groups in total. The average Bonchev–Trinajstić information content (AvgIpc) is 3.10. The number of rotatable bonds is 7. The van der Waals surface area contributed by atoms with Gasteiger partial charge in [0.25, 0.3) is 5.91 Å². The summed E-state index contributed by atoms with van der Waals surface area (Å²) < 4.78 is 16.8. The molecular weight excluding hydrogens is 344 g/mol. The molecule has 27 heavy (non-hydrogen) atoms. The molecule has 1 aromatic carbocycles. The maximum Gasteiger partial charge on any atom is 0.251 e. The van der Waals surface area contributed by atoms with E-state index in [4.69, 9.17) is 14.2 Å². The maximum atomic E-state index is 12.8. The zero-order valence-corrected chi connectivity index (χ0v) is 16.6. The van der Waals surface area contributed by atoms with Crippen LogP contribution >= 0.6 is 0 Å². The highest BCUT2D eigenvalue weighted by atomic mass is 16.5. The number of benzene rings is 1. The third kappa shape index (κ3) is 5.92. The lowest BCUT2D eigenvalue weighted by Crippen LogP contribution is -2.42. The average molecular weight is 376 g/mol. The van der Waals surface area contributed by atoms with Gasteiger partial charge in [-0.1, -0.05) is 12.1 Å². The van der Waals surface area contributed by atoms with Crippen LogP contribution in [0.4, 0.5) is 0 Å². The molecule has 6 heteroatoms. The SMILES string of the molecule is COc1cccc(CO[C@H](C)C(=O)N2CCCN(C[C@H]3CCCO3)CC2)c1. The van der Waals surface area contributed by atoms with Gasteiger partial charge in [-0.2, -0.15) is 0 Å². The molecule has 2 atom stereocenters. The van der Waals surface area contributed by atoms with E-state index >= 15 is 0 Å². The lowest BCUT2D eigenvalue weighted by atomic mass is 10.2. The van der Waals surface area contributed by atoms with E-state index in [-0.39, 0.29) is 5.91 Å². The minimum Gasteiger partial charge on any atom is -0.497 e. The standard InChI is InChI=1S/C21H32N2O4/c1-17(27-16-18-6-3-7-19(14-18)25-2)21(24)23-10-5-9-22(11-12-23)15-20-8-4-13-26-20/h3,6-7,14,17,20H,4-5,8-13,15-16H2,1-2H3/t17-,20-/m1/s1. The van der Waals surface area contributed by atoms with Crippen molar-refractivity contribution in [2.75, 3.05) is 46.4 Å². The van der Waals surface area contributed by atoms with Crippen molar-refractivity contribution in [1.82, 2.24) is 9.80 Å². The Morgan fingerprint density at radius 1 is 1.26 bits per heavy atom. The predicted octanol–water partition coefficient (Wildman–Crippen LogP) is 2.31. The van der Waals surface area contributed by atoms with Crippen LogP contribution in [-0.2, 0) is 20.9 Å². The summed E-state index contributed by atoms with van der Waals surface area (Å²) in [6, 6.07) is 7.75. The van der Waals surface area contributed by atoms with E-state index in [1.54, 1.807) is 7.11 Å². The molecule has 0 radical (unpaired) electrons. The van der Waals surface area contributed by atoms with Gasteiger partial charge in [-0.3, -0.25) is 9.69 Å². The van der Waals surface area contributed by atoms with Crippen molar-refractivity contribution in [2.24, 2.45) is 0 Å². The molecule has 2 aliphatic rings. The van der Waals surface area contributed by atoms with Crippen LogP contribution < -0.4 is 4.74 Å². The smallest absolute Gasteiger partial charge is 0.251 e. The van der Waals surface area contributed by atoms with Crippen molar-refractivity contribution in [1.29, 1.82) is 0 Å². The van der Waals surface area contributed by atoms with Gasteiger partial charge in [0.2, 0.25) is 0 Å². The summed E-state index contributed by atoms with van der Waals surface area (Å²) in [4.78, 5) is 17.2. The molecule has 2 heterocycles. The van der Waals surface area contributed by atoms with Crippen LogP contribution in [0.25, 0.3) is 0 Å². The second-order valence-electron chi connectivity index (χ2n) is 7.42. The predicted molar refractivity (Wildman–Crippen MR) is 104 cm³/mol. The lowest BCUT2D eigenvalue weighted by Gasteiger charge is -2.25. The number of methoxy groups -OCH3 is 1. The first kappa shape index (κ1) is 20.1. The summed E-state index contributed by atoms with van der Waals surface area (Å²) in [7, 11) is 1.65. The third-order valence-electron chi connectivity index (χ3n) is 5.37. The number of hydrogen-bond donors (Lipinski definition) is 0. The van der Waals surface area contributed by atoms with Crippen molar-refractivity contribution in [3.05, 3.63) is 29.8 Å². The molecule has 0 bridgehead atoms. The monoisotopic (exact) mass is 376 g/mol. The van der Waals surface area contributed by atoms with Gasteiger partial charge in [-0.15, -0.1) is 0 Å². The second kappa shape index (κ2) is 10.1. The van der Waals surface area contributed by atoms with Gasteiger partial charge >= 0.3 is 0 Å². The second-order valence-corrected chi connectivity index (χ2v) is 7.42. The van der Waals surface area contributed by atoms with E-state index in [1.165, 1.54) is 6.42 Å². The number of amides is 1. The summed E-state index contributed by atoms with van der Waals surface area (Å²) in [5, 5.41) is 0. The molecule has 3 rings (SSSR count). The minimum atomic E-state index is -0.444. The van der Waals surface area contributed by atoms with Crippen molar-refractivity contribution in [3.63, 3.8) is 0 Å². The Kier molecular flexibility index (Phi) is 7.50. The van der Waals surface area contributed by atoms with Crippen LogP contribution in [-0.4, -0.2) is 74.4 Å². The highest BCUT2D eigenvalue weighted by molar-refractivity contribution is 5.80. The minimum absolute atomic E-state index is 0.0804. The van der Waals surface area contributed by atoms with Gasteiger partial charge in [0, 0.05) is 32.8 Å². The summed E-state index contributed by atoms with van der Waals surface area (Å²) in [5.41, 5.74) is 1.01. The normalized spacial score (nSPS) is 22.4. The molecule has 0 unspecified atom stereocenters. The first-order valence-electron chi connectivity index (χ1n) is 10.0. The van der Waals surface area contributed by atoms with Gasteiger partial charge in [-0.25, -0.2) is 0 Å². The molecule has 1 aromatic rings. The highest BCUT2D eigenvalue weighted by Gasteiger charge is 2.26. The first-order chi connectivity index (χ1) is 13.2. The zero-order chi connectivity index (χ0) is 19.1. The largest absolute Gasteiger partial charge is 0.497 e. The lowest BCUT2D eigenvalue weighted by molar-refractivity contribution is -0.143. The maximum absolute atomic E-state index is 12.8. The molecule has 150 valence electrons. The van der Waals surface area contributed by atoms with E-state index in [2.05, 4.69) is 4.90 Å². The van der Waals surface area contributed by atoms with Crippen LogP contribution in [0.3, 0.4) is 0 Å². The van der Waals surface area contributed by atoms with Crippen molar-refractivity contribution in [3.8, 4) is 5.75 Å².